The molecule has 3 N–H and O–H groups in total. The van der Waals surface area contributed by atoms with Gasteiger partial charge in [-0.3, -0.25) is 9.80 Å². The summed E-state index contributed by atoms with van der Waals surface area (Å²) < 4.78 is 0. The van der Waals surface area contributed by atoms with E-state index in [1.165, 1.54) is 0 Å². The third kappa shape index (κ3) is 0.790. The number of nitrogens with two attached hydrogens (primary N) is 1. The average Bonchev–Trinajstić information content (AvgIpc) is 2.41. The molecular weight excluding hydrogens is 142 g/mol. The second kappa shape index (κ2) is 2.02. The minimum Gasteiger partial charge on any atom is -0.365 e. The van der Waals surface area contributed by atoms with E-state index in [0.717, 1.165) is 18.7 Å². The fourth-order valence-corrected chi connectivity index (χ4v) is 1.36. The number of nitrogens with one attached hydrogen (secondary N) is 1. The summed E-state index contributed by atoms with van der Waals surface area (Å²) in [6.07, 6.45) is 4.64. The summed E-state index contributed by atoms with van der Waals surface area (Å²) in [7, 11) is 0. The Hall–Kier alpha value is -1.45. The van der Waals surface area contributed by atoms with Crippen LogP contribution < -0.4 is 11.2 Å². The summed E-state index contributed by atoms with van der Waals surface area (Å²) >= 11 is 0. The maximum Gasteiger partial charge on any atom is 0.252 e. The largest absolute Gasteiger partial charge is 0.365 e. The van der Waals surface area contributed by atoms with Crippen molar-refractivity contribution in [2.24, 2.45) is 5.73 Å². The van der Waals surface area contributed by atoms with Crippen LogP contribution in [0.15, 0.2) is 23.5 Å². The highest BCUT2D eigenvalue weighted by atomic mass is 16.1. The molecule has 0 fully saturated rings. The van der Waals surface area contributed by atoms with Crippen LogP contribution in [0.2, 0.25) is 0 Å². The van der Waals surface area contributed by atoms with Crippen molar-refractivity contribution < 1.29 is 4.79 Å². The zero-order chi connectivity index (χ0) is 7.84. The molecule has 4 nitrogen and oxygen atoms in total. The van der Waals surface area contributed by atoms with E-state index in [1.54, 1.807) is 6.20 Å². The molecule has 0 radical (unpaired) electrons. The van der Waals surface area contributed by atoms with Gasteiger partial charge in [-0.1, -0.05) is 6.08 Å². The van der Waals surface area contributed by atoms with Crippen LogP contribution in [0.4, 0.5) is 0 Å². The molecule has 0 aliphatic carbocycles. The van der Waals surface area contributed by atoms with Crippen molar-refractivity contribution in [3.05, 3.63) is 23.5 Å². The van der Waals surface area contributed by atoms with E-state index in [2.05, 4.69) is 5.43 Å². The number of fused-ring (bicyclic) bond motifs is 1. The maximum atomic E-state index is 10.8. The van der Waals surface area contributed by atoms with E-state index in [0.29, 0.717) is 5.57 Å². The van der Waals surface area contributed by atoms with Crippen molar-refractivity contribution in [1.29, 1.82) is 0 Å². The molecule has 0 bridgehead atoms. The van der Waals surface area contributed by atoms with Gasteiger partial charge in [0.2, 0.25) is 0 Å². The predicted molar refractivity (Wildman–Crippen MR) is 39.8 cm³/mol. The van der Waals surface area contributed by atoms with Crippen LogP contribution in [0.3, 0.4) is 0 Å². The summed E-state index contributed by atoms with van der Waals surface area (Å²) in [5.41, 5.74) is 9.60. The SMILES string of the molecule is NC(=O)C1=CNN2CCC=C12. The normalized spacial score (nSPS) is 20.5. The number of carbonyl (C=O) groups excluding carboxylic acids is 1. The van der Waals surface area contributed by atoms with Crippen molar-refractivity contribution in [2.75, 3.05) is 6.54 Å². The highest BCUT2D eigenvalue weighted by Gasteiger charge is 2.25. The first-order valence-electron chi connectivity index (χ1n) is 3.53. The van der Waals surface area contributed by atoms with Crippen LogP contribution in [0, 0.1) is 0 Å². The first kappa shape index (κ1) is 6.27. The van der Waals surface area contributed by atoms with Crippen LogP contribution in [0.25, 0.3) is 0 Å². The predicted octanol–water partition coefficient (Wildman–Crippen LogP) is -0.537. The smallest absolute Gasteiger partial charge is 0.252 e. The summed E-state index contributed by atoms with van der Waals surface area (Å²) in [6.45, 7) is 0.919. The highest BCUT2D eigenvalue weighted by molar-refractivity contribution is 5.96. The number of hydrogen-bond acceptors (Lipinski definition) is 3. The lowest BCUT2D eigenvalue weighted by atomic mass is 10.2. The quantitative estimate of drug-likeness (QED) is 0.529. The minimum absolute atomic E-state index is 0.367. The lowest BCUT2D eigenvalue weighted by Crippen LogP contribution is -2.26. The molecule has 58 valence electrons. The Morgan fingerprint density at radius 1 is 1.73 bits per heavy atom. The molecule has 4 heteroatoms. The van der Waals surface area contributed by atoms with E-state index in [4.69, 9.17) is 5.73 Å². The average molecular weight is 151 g/mol. The lowest BCUT2D eigenvalue weighted by Gasteiger charge is -2.13. The van der Waals surface area contributed by atoms with Gasteiger partial charge in [0.05, 0.1) is 11.3 Å². The number of nitrogens with zero attached hydrogens (tertiary/aromatic N) is 1. The van der Waals surface area contributed by atoms with Gasteiger partial charge >= 0.3 is 0 Å². The Balaban J connectivity index is 2.30. The molecule has 2 heterocycles. The lowest BCUT2D eigenvalue weighted by molar-refractivity contribution is -0.114. The first-order chi connectivity index (χ1) is 5.29. The number of carbonyl (C=O) groups is 1. The van der Waals surface area contributed by atoms with Gasteiger partial charge < -0.3 is 11.2 Å². The molecule has 0 aromatic carbocycles. The zero-order valence-corrected chi connectivity index (χ0v) is 6.00. The third-order valence-corrected chi connectivity index (χ3v) is 1.89. The standard InChI is InChI=1S/C7H9N3O/c8-7(11)5-4-9-10-3-1-2-6(5)10/h2,4,9H,1,3H2,(H2,8,11). The van der Waals surface area contributed by atoms with Crippen molar-refractivity contribution in [3.63, 3.8) is 0 Å². The van der Waals surface area contributed by atoms with Crippen molar-refractivity contribution >= 4 is 5.91 Å². The third-order valence-electron chi connectivity index (χ3n) is 1.89. The first-order valence-corrected chi connectivity index (χ1v) is 3.53. The van der Waals surface area contributed by atoms with Gasteiger partial charge in [0.25, 0.3) is 5.91 Å². The summed E-state index contributed by atoms with van der Waals surface area (Å²) in [5, 5.41) is 1.92. The fraction of sp³-hybridized carbons (Fsp3) is 0.286. The van der Waals surface area contributed by atoms with E-state index < -0.39 is 0 Å². The molecule has 11 heavy (non-hydrogen) atoms. The molecule has 0 unspecified atom stereocenters. The van der Waals surface area contributed by atoms with Gasteiger partial charge in [-0.15, -0.1) is 0 Å². The molecule has 0 atom stereocenters. The van der Waals surface area contributed by atoms with Gasteiger partial charge in [0.1, 0.15) is 0 Å². The molecule has 0 aromatic heterocycles. The molecule has 2 aliphatic heterocycles. The minimum atomic E-state index is -0.367. The van der Waals surface area contributed by atoms with Crippen LogP contribution in [0.1, 0.15) is 6.42 Å². The van der Waals surface area contributed by atoms with Gasteiger partial charge in [-0.25, -0.2) is 0 Å². The number of hydrazine groups is 1. The Kier molecular flexibility index (Phi) is 1.15. The topological polar surface area (TPSA) is 58.4 Å². The van der Waals surface area contributed by atoms with E-state index >= 15 is 0 Å². The fourth-order valence-electron chi connectivity index (χ4n) is 1.36. The van der Waals surface area contributed by atoms with Crippen molar-refractivity contribution in [1.82, 2.24) is 10.4 Å². The number of hydrogen-bond donors (Lipinski definition) is 2. The van der Waals surface area contributed by atoms with E-state index in [-0.39, 0.29) is 5.91 Å². The molecule has 0 aromatic rings. The second-order valence-corrected chi connectivity index (χ2v) is 2.58. The molecule has 0 saturated carbocycles. The van der Waals surface area contributed by atoms with Crippen LogP contribution in [-0.4, -0.2) is 17.5 Å². The van der Waals surface area contributed by atoms with Gasteiger partial charge in [-0.2, -0.15) is 0 Å². The maximum absolute atomic E-state index is 10.8. The molecular formula is C7H9N3O. The summed E-state index contributed by atoms with van der Waals surface area (Å²) in [5.74, 6) is -0.367. The van der Waals surface area contributed by atoms with Crippen molar-refractivity contribution in [3.8, 4) is 0 Å². The molecule has 0 saturated heterocycles. The van der Waals surface area contributed by atoms with Crippen molar-refractivity contribution in [2.45, 2.75) is 6.42 Å². The Labute approximate surface area is 64.3 Å². The van der Waals surface area contributed by atoms with Gasteiger partial charge in [0, 0.05) is 12.7 Å². The zero-order valence-electron chi connectivity index (χ0n) is 6.00. The van der Waals surface area contributed by atoms with E-state index in [9.17, 15) is 4.79 Å². The van der Waals surface area contributed by atoms with Gasteiger partial charge in [-0.05, 0) is 6.42 Å². The van der Waals surface area contributed by atoms with Crippen LogP contribution in [-0.2, 0) is 4.79 Å². The molecule has 2 rings (SSSR count). The highest BCUT2D eigenvalue weighted by Crippen LogP contribution is 2.23. The second-order valence-electron chi connectivity index (χ2n) is 2.58. The molecule has 1 amide bonds. The molecule has 2 aliphatic rings. The summed E-state index contributed by atoms with van der Waals surface area (Å²) in [6, 6.07) is 0. The van der Waals surface area contributed by atoms with Gasteiger partial charge in [0.15, 0.2) is 0 Å². The molecule has 0 spiro atoms. The Bertz CT molecular complexity index is 267. The van der Waals surface area contributed by atoms with Crippen LogP contribution in [0.5, 0.6) is 0 Å². The monoisotopic (exact) mass is 151 g/mol. The number of rotatable bonds is 1. The summed E-state index contributed by atoms with van der Waals surface area (Å²) in [4.78, 5) is 10.8. The number of amides is 1. The number of primary amides is 1. The van der Waals surface area contributed by atoms with E-state index in [1.807, 2.05) is 11.1 Å². The van der Waals surface area contributed by atoms with Crippen LogP contribution >= 0.6 is 0 Å². The Morgan fingerprint density at radius 3 is 3.27 bits per heavy atom. The Morgan fingerprint density at radius 2 is 2.55 bits per heavy atom.